The fourth-order valence-electron chi connectivity index (χ4n) is 1.37. The van der Waals surface area contributed by atoms with Crippen molar-refractivity contribution in [3.05, 3.63) is 54.1 Å². The molecule has 2 rings (SSSR count). The zero-order valence-corrected chi connectivity index (χ0v) is 9.39. The quantitative estimate of drug-likeness (QED) is 0.803. The Hall–Kier alpha value is -2.44. The van der Waals surface area contributed by atoms with Gasteiger partial charge in [-0.3, -0.25) is 9.78 Å². The van der Waals surface area contributed by atoms with E-state index in [9.17, 15) is 18.0 Å². The molecule has 0 saturated heterocycles. The number of benzene rings is 1. The molecule has 98 valence electrons. The van der Waals surface area contributed by atoms with Crippen molar-refractivity contribution in [3.8, 4) is 5.75 Å². The van der Waals surface area contributed by atoms with Crippen LogP contribution in [0.3, 0.4) is 0 Å². The standard InChI is InChI=1S/C12H7F3N2O2/c13-12(14,15)19-9-3-1-8(2-4-9)11(18)10-7-16-5-6-17-10/h1-7H. The molecule has 0 saturated carbocycles. The number of rotatable bonds is 3. The molecule has 0 aliphatic carbocycles. The first-order valence-electron chi connectivity index (χ1n) is 5.12. The molecule has 0 atom stereocenters. The summed E-state index contributed by atoms with van der Waals surface area (Å²) in [4.78, 5) is 19.4. The number of nitrogens with zero attached hydrogens (tertiary/aromatic N) is 2. The highest BCUT2D eigenvalue weighted by Gasteiger charge is 2.31. The zero-order chi connectivity index (χ0) is 13.9. The van der Waals surface area contributed by atoms with Crippen LogP contribution >= 0.6 is 0 Å². The average Bonchev–Trinajstić information content (AvgIpc) is 2.38. The van der Waals surface area contributed by atoms with Gasteiger partial charge in [0.25, 0.3) is 0 Å². The van der Waals surface area contributed by atoms with E-state index in [0.29, 0.717) is 0 Å². The van der Waals surface area contributed by atoms with E-state index in [1.54, 1.807) is 0 Å². The highest BCUT2D eigenvalue weighted by atomic mass is 19.4. The van der Waals surface area contributed by atoms with Crippen LogP contribution in [-0.4, -0.2) is 22.1 Å². The number of ketones is 1. The van der Waals surface area contributed by atoms with E-state index in [0.717, 1.165) is 12.1 Å². The maximum absolute atomic E-state index is 12.0. The molecule has 4 nitrogen and oxygen atoms in total. The van der Waals surface area contributed by atoms with Crippen molar-refractivity contribution in [1.29, 1.82) is 0 Å². The fourth-order valence-corrected chi connectivity index (χ4v) is 1.37. The van der Waals surface area contributed by atoms with Crippen LogP contribution in [0.15, 0.2) is 42.9 Å². The summed E-state index contributed by atoms with van der Waals surface area (Å²) in [5, 5.41) is 0. The maximum Gasteiger partial charge on any atom is 0.573 e. The number of hydrogen-bond donors (Lipinski definition) is 0. The van der Waals surface area contributed by atoms with Crippen LogP contribution in [-0.2, 0) is 0 Å². The van der Waals surface area contributed by atoms with Crippen LogP contribution in [0.5, 0.6) is 5.75 Å². The van der Waals surface area contributed by atoms with Crippen molar-refractivity contribution < 1.29 is 22.7 Å². The molecule has 0 aliphatic rings. The first-order valence-corrected chi connectivity index (χ1v) is 5.12. The Morgan fingerprint density at radius 3 is 2.32 bits per heavy atom. The molecular weight excluding hydrogens is 261 g/mol. The summed E-state index contributed by atoms with van der Waals surface area (Å²) in [5.41, 5.74) is 0.321. The SMILES string of the molecule is O=C(c1ccc(OC(F)(F)F)cc1)c1cnccn1. The van der Waals surface area contributed by atoms with Crippen molar-refractivity contribution in [2.45, 2.75) is 6.36 Å². The van der Waals surface area contributed by atoms with Crippen molar-refractivity contribution in [3.63, 3.8) is 0 Å². The van der Waals surface area contributed by atoms with Gasteiger partial charge in [0.05, 0.1) is 6.20 Å². The van der Waals surface area contributed by atoms with E-state index in [1.165, 1.54) is 30.7 Å². The van der Waals surface area contributed by atoms with Gasteiger partial charge in [-0.15, -0.1) is 13.2 Å². The molecule has 7 heteroatoms. The first kappa shape index (κ1) is 13.0. The van der Waals surface area contributed by atoms with E-state index in [2.05, 4.69) is 14.7 Å². The Balaban J connectivity index is 2.17. The van der Waals surface area contributed by atoms with Crippen molar-refractivity contribution in [2.75, 3.05) is 0 Å². The third kappa shape index (κ3) is 3.51. The summed E-state index contributed by atoms with van der Waals surface area (Å²) in [6.07, 6.45) is -0.704. The van der Waals surface area contributed by atoms with Gasteiger partial charge in [0.2, 0.25) is 5.78 Å². The number of carbonyl (C=O) groups excluding carboxylic acids is 1. The van der Waals surface area contributed by atoms with Gasteiger partial charge in [0.15, 0.2) is 0 Å². The second-order valence-electron chi connectivity index (χ2n) is 3.49. The van der Waals surface area contributed by atoms with E-state index in [1.807, 2.05) is 0 Å². The van der Waals surface area contributed by atoms with Crippen LogP contribution in [0.2, 0.25) is 0 Å². The molecule has 0 fully saturated rings. The van der Waals surface area contributed by atoms with Crippen molar-refractivity contribution in [2.24, 2.45) is 0 Å². The lowest BCUT2D eigenvalue weighted by Gasteiger charge is -2.08. The van der Waals surface area contributed by atoms with E-state index < -0.39 is 12.1 Å². The second kappa shape index (κ2) is 5.05. The predicted octanol–water partition coefficient (Wildman–Crippen LogP) is 2.61. The van der Waals surface area contributed by atoms with Gasteiger partial charge in [0, 0.05) is 18.0 Å². The third-order valence-corrected chi connectivity index (χ3v) is 2.15. The van der Waals surface area contributed by atoms with Gasteiger partial charge in [-0.2, -0.15) is 0 Å². The molecule has 19 heavy (non-hydrogen) atoms. The lowest BCUT2D eigenvalue weighted by molar-refractivity contribution is -0.274. The van der Waals surface area contributed by atoms with Crippen LogP contribution in [0, 0.1) is 0 Å². The molecule has 1 aromatic heterocycles. The highest BCUT2D eigenvalue weighted by molar-refractivity contribution is 6.07. The largest absolute Gasteiger partial charge is 0.573 e. The van der Waals surface area contributed by atoms with E-state index in [-0.39, 0.29) is 17.0 Å². The lowest BCUT2D eigenvalue weighted by atomic mass is 10.1. The van der Waals surface area contributed by atoms with Crippen LogP contribution in [0.4, 0.5) is 13.2 Å². The molecule has 0 amide bonds. The van der Waals surface area contributed by atoms with Gasteiger partial charge in [-0.1, -0.05) is 0 Å². The van der Waals surface area contributed by atoms with Crippen LogP contribution in [0.1, 0.15) is 16.1 Å². The van der Waals surface area contributed by atoms with Gasteiger partial charge in [-0.25, -0.2) is 4.98 Å². The minimum Gasteiger partial charge on any atom is -0.406 e. The minimum absolute atomic E-state index is 0.118. The monoisotopic (exact) mass is 268 g/mol. The number of carbonyl (C=O) groups is 1. The molecule has 1 heterocycles. The maximum atomic E-state index is 12.0. The molecule has 0 bridgehead atoms. The number of aromatic nitrogens is 2. The number of halogens is 3. The minimum atomic E-state index is -4.75. The van der Waals surface area contributed by atoms with E-state index in [4.69, 9.17) is 0 Å². The highest BCUT2D eigenvalue weighted by Crippen LogP contribution is 2.23. The summed E-state index contributed by atoms with van der Waals surface area (Å²) in [5.74, 6) is -0.810. The average molecular weight is 268 g/mol. The smallest absolute Gasteiger partial charge is 0.406 e. The normalized spacial score (nSPS) is 11.1. The van der Waals surface area contributed by atoms with E-state index >= 15 is 0 Å². The second-order valence-corrected chi connectivity index (χ2v) is 3.49. The summed E-state index contributed by atoms with van der Waals surface area (Å²) in [7, 11) is 0. The van der Waals surface area contributed by atoms with Gasteiger partial charge in [0.1, 0.15) is 11.4 Å². The summed E-state index contributed by atoms with van der Waals surface area (Å²) >= 11 is 0. The molecule has 0 unspecified atom stereocenters. The summed E-state index contributed by atoms with van der Waals surface area (Å²) in [6, 6.07) is 4.60. The number of hydrogen-bond acceptors (Lipinski definition) is 4. The Kier molecular flexibility index (Phi) is 3.46. The third-order valence-electron chi connectivity index (χ3n) is 2.15. The first-order chi connectivity index (χ1) is 8.96. The predicted molar refractivity (Wildman–Crippen MR) is 58.6 cm³/mol. The van der Waals surface area contributed by atoms with Crippen LogP contribution < -0.4 is 4.74 Å². The van der Waals surface area contributed by atoms with Crippen molar-refractivity contribution >= 4 is 5.78 Å². The van der Waals surface area contributed by atoms with Crippen molar-refractivity contribution in [1.82, 2.24) is 9.97 Å². The topological polar surface area (TPSA) is 52.1 Å². The van der Waals surface area contributed by atoms with Gasteiger partial charge >= 0.3 is 6.36 Å². The molecule has 0 radical (unpaired) electrons. The number of ether oxygens (including phenoxy) is 1. The molecule has 0 spiro atoms. The van der Waals surface area contributed by atoms with Crippen LogP contribution in [0.25, 0.3) is 0 Å². The van der Waals surface area contributed by atoms with Gasteiger partial charge < -0.3 is 4.74 Å². The molecule has 0 N–H and O–H groups in total. The molecular formula is C12H7F3N2O2. The Bertz CT molecular complexity index is 568. The molecule has 0 aliphatic heterocycles. The zero-order valence-electron chi connectivity index (χ0n) is 9.39. The summed E-state index contributed by atoms with van der Waals surface area (Å²) < 4.78 is 39.6. The Morgan fingerprint density at radius 1 is 1.11 bits per heavy atom. The number of alkyl halides is 3. The molecule has 1 aromatic carbocycles. The Labute approximate surface area is 105 Å². The Morgan fingerprint density at radius 2 is 1.79 bits per heavy atom. The molecule has 2 aromatic rings. The van der Waals surface area contributed by atoms with Gasteiger partial charge in [-0.05, 0) is 24.3 Å². The lowest BCUT2D eigenvalue weighted by Crippen LogP contribution is -2.17. The summed E-state index contributed by atoms with van der Waals surface area (Å²) in [6.45, 7) is 0. The fraction of sp³-hybridized carbons (Fsp3) is 0.0833.